The number of aliphatic hydroxyl groups excluding tert-OH is 1. The van der Waals surface area contributed by atoms with Crippen LogP contribution in [0.5, 0.6) is 0 Å². The molecule has 2 aromatic rings. The van der Waals surface area contributed by atoms with Crippen molar-refractivity contribution in [2.75, 3.05) is 11.9 Å². The molecule has 0 amide bonds. The van der Waals surface area contributed by atoms with Gasteiger partial charge in [-0.2, -0.15) is 5.26 Å². The molecule has 0 fully saturated rings. The van der Waals surface area contributed by atoms with E-state index in [4.69, 9.17) is 22.0 Å². The molecule has 2 N–H and O–H groups in total. The minimum absolute atomic E-state index is 0.0186. The zero-order valence-corrected chi connectivity index (χ0v) is 10.6. The van der Waals surface area contributed by atoms with E-state index in [2.05, 4.69) is 16.4 Å². The summed E-state index contributed by atoms with van der Waals surface area (Å²) in [6.07, 6.45) is 1.52. The van der Waals surface area contributed by atoms with Gasteiger partial charge in [-0.05, 0) is 25.1 Å². The molecule has 5 heteroatoms. The van der Waals surface area contributed by atoms with Crippen molar-refractivity contribution in [2.45, 2.75) is 13.0 Å². The Kier molecular flexibility index (Phi) is 3.66. The fraction of sp³-hybridized carbons (Fsp3) is 0.231. The van der Waals surface area contributed by atoms with Crippen molar-refractivity contribution < 1.29 is 5.11 Å². The number of fused-ring (bicyclic) bond motifs is 1. The molecule has 4 nitrogen and oxygen atoms in total. The summed E-state index contributed by atoms with van der Waals surface area (Å²) in [5, 5.41) is 22.7. The number of nitrogens with zero attached hydrogens (tertiary/aromatic N) is 2. The lowest BCUT2D eigenvalue weighted by atomic mass is 10.1. The third-order valence-corrected chi connectivity index (χ3v) is 2.85. The van der Waals surface area contributed by atoms with Crippen molar-refractivity contribution in [3.63, 3.8) is 0 Å². The molecule has 1 heterocycles. The molecular formula is C13H12ClN3O. The van der Waals surface area contributed by atoms with E-state index in [1.54, 1.807) is 18.2 Å². The van der Waals surface area contributed by atoms with E-state index >= 15 is 0 Å². The van der Waals surface area contributed by atoms with Crippen molar-refractivity contribution in [3.8, 4) is 6.07 Å². The summed E-state index contributed by atoms with van der Waals surface area (Å²) in [6, 6.07) is 7.25. The van der Waals surface area contributed by atoms with Gasteiger partial charge in [-0.25, -0.2) is 0 Å². The van der Waals surface area contributed by atoms with Gasteiger partial charge in [0, 0.05) is 22.6 Å². The smallest absolute Gasteiger partial charge is 0.103 e. The molecule has 1 atom stereocenters. The maximum absolute atomic E-state index is 9.11. The Bertz CT molecular complexity index is 621. The van der Waals surface area contributed by atoms with Gasteiger partial charge in [0.2, 0.25) is 0 Å². The lowest BCUT2D eigenvalue weighted by molar-refractivity contribution is 0.281. The third-order valence-electron chi connectivity index (χ3n) is 2.62. The highest BCUT2D eigenvalue weighted by atomic mass is 35.5. The van der Waals surface area contributed by atoms with Crippen molar-refractivity contribution in [2.24, 2.45) is 0 Å². The van der Waals surface area contributed by atoms with E-state index < -0.39 is 0 Å². The monoisotopic (exact) mass is 261 g/mol. The first kappa shape index (κ1) is 12.6. The fourth-order valence-electron chi connectivity index (χ4n) is 1.70. The van der Waals surface area contributed by atoms with Gasteiger partial charge in [0.25, 0.3) is 0 Å². The maximum Gasteiger partial charge on any atom is 0.103 e. The van der Waals surface area contributed by atoms with Gasteiger partial charge in [0.15, 0.2) is 0 Å². The van der Waals surface area contributed by atoms with Crippen LogP contribution in [0.2, 0.25) is 5.02 Å². The Hall–Kier alpha value is -1.83. The summed E-state index contributed by atoms with van der Waals surface area (Å²) in [5.41, 5.74) is 1.85. The Morgan fingerprint density at radius 1 is 1.56 bits per heavy atom. The van der Waals surface area contributed by atoms with Crippen molar-refractivity contribution in [1.29, 1.82) is 5.26 Å². The van der Waals surface area contributed by atoms with E-state index in [9.17, 15) is 0 Å². The highest BCUT2D eigenvalue weighted by molar-refractivity contribution is 6.31. The van der Waals surface area contributed by atoms with Gasteiger partial charge in [-0.1, -0.05) is 11.6 Å². The molecule has 2 rings (SSSR count). The van der Waals surface area contributed by atoms with E-state index in [0.29, 0.717) is 16.3 Å². The molecule has 0 radical (unpaired) electrons. The van der Waals surface area contributed by atoms with E-state index in [1.807, 2.05) is 6.92 Å². The molecular weight excluding hydrogens is 250 g/mol. The molecule has 0 aliphatic heterocycles. The Morgan fingerprint density at radius 3 is 3.00 bits per heavy atom. The first-order valence-electron chi connectivity index (χ1n) is 5.51. The van der Waals surface area contributed by atoms with Crippen LogP contribution in [0.3, 0.4) is 0 Å². The highest BCUT2D eigenvalue weighted by Gasteiger charge is 2.11. The summed E-state index contributed by atoms with van der Waals surface area (Å²) in [4.78, 5) is 4.20. The van der Waals surface area contributed by atoms with Crippen molar-refractivity contribution in [1.82, 2.24) is 4.98 Å². The zero-order valence-electron chi connectivity index (χ0n) is 9.81. The van der Waals surface area contributed by atoms with Crippen LogP contribution in [0, 0.1) is 11.3 Å². The fourth-order valence-corrected chi connectivity index (χ4v) is 1.87. The molecule has 1 unspecified atom stereocenters. The first-order valence-corrected chi connectivity index (χ1v) is 5.89. The summed E-state index contributed by atoms with van der Waals surface area (Å²) in [6.45, 7) is 1.81. The molecule has 1 aromatic carbocycles. The highest BCUT2D eigenvalue weighted by Crippen LogP contribution is 2.28. The largest absolute Gasteiger partial charge is 0.394 e. The second kappa shape index (κ2) is 5.21. The molecule has 0 bridgehead atoms. The minimum atomic E-state index is -0.151. The molecule has 0 saturated heterocycles. The standard InChI is InChI=1S/C13H12ClN3O/c1-8(7-18)17-13-9(5-15)6-16-12-3-2-10(14)4-11(12)13/h2-4,6,8,18H,7H2,1H3,(H,16,17). The van der Waals surface area contributed by atoms with Crippen LogP contribution in [-0.2, 0) is 0 Å². The van der Waals surface area contributed by atoms with Crippen LogP contribution >= 0.6 is 11.6 Å². The van der Waals surface area contributed by atoms with Gasteiger partial charge >= 0.3 is 0 Å². The second-order valence-corrected chi connectivity index (χ2v) is 4.48. The first-order chi connectivity index (χ1) is 8.65. The van der Waals surface area contributed by atoms with Crippen LogP contribution in [0.25, 0.3) is 10.9 Å². The van der Waals surface area contributed by atoms with Crippen LogP contribution in [0.1, 0.15) is 12.5 Å². The number of aliphatic hydroxyl groups is 1. The predicted octanol–water partition coefficient (Wildman–Crippen LogP) is 2.55. The molecule has 0 spiro atoms. The number of benzene rings is 1. The molecule has 0 saturated carbocycles. The van der Waals surface area contributed by atoms with Gasteiger partial charge in [-0.15, -0.1) is 0 Å². The third kappa shape index (κ3) is 2.37. The van der Waals surface area contributed by atoms with Gasteiger partial charge < -0.3 is 10.4 Å². The molecule has 0 aliphatic carbocycles. The Labute approximate surface area is 110 Å². The van der Waals surface area contributed by atoms with E-state index in [1.165, 1.54) is 6.20 Å². The SMILES string of the molecule is CC(CO)Nc1c(C#N)cnc2ccc(Cl)cc12. The van der Waals surface area contributed by atoms with E-state index in [-0.39, 0.29) is 12.6 Å². The molecule has 0 aliphatic rings. The molecule has 1 aromatic heterocycles. The summed E-state index contributed by atoms with van der Waals surface area (Å²) in [7, 11) is 0. The second-order valence-electron chi connectivity index (χ2n) is 4.05. The summed E-state index contributed by atoms with van der Waals surface area (Å²) < 4.78 is 0. The van der Waals surface area contributed by atoms with Crippen LogP contribution < -0.4 is 5.32 Å². The average molecular weight is 262 g/mol. The Morgan fingerprint density at radius 2 is 2.33 bits per heavy atom. The van der Waals surface area contributed by atoms with Crippen LogP contribution in [0.4, 0.5) is 5.69 Å². The van der Waals surface area contributed by atoms with Crippen LogP contribution in [-0.4, -0.2) is 22.7 Å². The number of halogens is 1. The quantitative estimate of drug-likeness (QED) is 0.891. The zero-order chi connectivity index (χ0) is 13.1. The van der Waals surface area contributed by atoms with Crippen molar-refractivity contribution >= 4 is 28.2 Å². The number of hydrogen-bond donors (Lipinski definition) is 2. The Balaban J connectivity index is 2.65. The number of rotatable bonds is 3. The topological polar surface area (TPSA) is 68.9 Å². The van der Waals surface area contributed by atoms with Gasteiger partial charge in [0.05, 0.1) is 23.4 Å². The van der Waals surface area contributed by atoms with Gasteiger partial charge in [0.1, 0.15) is 6.07 Å². The minimum Gasteiger partial charge on any atom is -0.394 e. The predicted molar refractivity (Wildman–Crippen MR) is 71.6 cm³/mol. The maximum atomic E-state index is 9.11. The average Bonchev–Trinajstić information content (AvgIpc) is 2.39. The number of pyridine rings is 1. The van der Waals surface area contributed by atoms with Gasteiger partial charge in [-0.3, -0.25) is 4.98 Å². The normalized spacial score (nSPS) is 12.1. The lowest BCUT2D eigenvalue weighted by Crippen LogP contribution is -2.20. The number of aromatic nitrogens is 1. The molecule has 92 valence electrons. The van der Waals surface area contributed by atoms with Crippen molar-refractivity contribution in [3.05, 3.63) is 35.0 Å². The van der Waals surface area contributed by atoms with E-state index in [0.717, 1.165) is 10.9 Å². The van der Waals surface area contributed by atoms with Crippen LogP contribution in [0.15, 0.2) is 24.4 Å². The lowest BCUT2D eigenvalue weighted by Gasteiger charge is -2.15. The summed E-state index contributed by atoms with van der Waals surface area (Å²) >= 11 is 5.97. The number of nitrogens with one attached hydrogen (secondary N) is 1. The molecule has 18 heavy (non-hydrogen) atoms. The number of hydrogen-bond acceptors (Lipinski definition) is 4. The number of anilines is 1. The summed E-state index contributed by atoms with van der Waals surface area (Å²) in [5.74, 6) is 0. The number of nitriles is 1.